The van der Waals surface area contributed by atoms with Crippen LogP contribution in [0.3, 0.4) is 0 Å². The summed E-state index contributed by atoms with van der Waals surface area (Å²) in [7, 11) is -3.71. The van der Waals surface area contributed by atoms with Crippen molar-refractivity contribution in [2.75, 3.05) is 17.1 Å². The van der Waals surface area contributed by atoms with Gasteiger partial charge < -0.3 is 10.2 Å². The van der Waals surface area contributed by atoms with Gasteiger partial charge in [-0.3, -0.25) is 13.9 Å². The highest BCUT2D eigenvalue weighted by molar-refractivity contribution is 7.92. The van der Waals surface area contributed by atoms with E-state index in [1.54, 1.807) is 18.2 Å². The lowest BCUT2D eigenvalue weighted by Crippen LogP contribution is -2.50. The van der Waals surface area contributed by atoms with Gasteiger partial charge in [0, 0.05) is 30.6 Å². The Hall–Kier alpha value is -2.36. The van der Waals surface area contributed by atoms with Crippen LogP contribution in [0.4, 0.5) is 10.1 Å². The van der Waals surface area contributed by atoms with E-state index in [-0.39, 0.29) is 54.5 Å². The average molecular weight is 575 g/mol. The molecular weight excluding hydrogens is 540 g/mol. The van der Waals surface area contributed by atoms with Gasteiger partial charge in [-0.25, -0.2) is 12.8 Å². The van der Waals surface area contributed by atoms with Crippen molar-refractivity contribution in [1.82, 2.24) is 10.2 Å². The Labute approximate surface area is 229 Å². The van der Waals surface area contributed by atoms with E-state index in [4.69, 9.17) is 23.2 Å². The lowest BCUT2D eigenvalue weighted by Gasteiger charge is -2.32. The van der Waals surface area contributed by atoms with Gasteiger partial charge in [0.1, 0.15) is 11.9 Å². The van der Waals surface area contributed by atoms with Crippen molar-refractivity contribution in [1.29, 1.82) is 0 Å². The van der Waals surface area contributed by atoms with Crippen molar-refractivity contribution in [2.45, 2.75) is 65.1 Å². The highest BCUT2D eigenvalue weighted by atomic mass is 35.5. The lowest BCUT2D eigenvalue weighted by molar-refractivity contribution is -0.141. The summed E-state index contributed by atoms with van der Waals surface area (Å²) >= 11 is 12.3. The summed E-state index contributed by atoms with van der Waals surface area (Å²) < 4.78 is 39.5. The number of amides is 2. The molecule has 0 radical (unpaired) electrons. The molecule has 0 unspecified atom stereocenters. The van der Waals surface area contributed by atoms with Crippen LogP contribution in [0.5, 0.6) is 0 Å². The maximum absolute atomic E-state index is 13.4. The number of halogens is 3. The molecule has 2 rings (SSSR count). The van der Waals surface area contributed by atoms with Crippen molar-refractivity contribution in [3.05, 3.63) is 63.9 Å². The zero-order chi connectivity index (χ0) is 27.8. The number of carbonyl (C=O) groups excluding carboxylic acids is 2. The number of rotatable bonds is 13. The SMILES string of the molecule is CC[C@@H](C)NC(=O)[C@H](CC)N(Cc1ccc(F)cc1)C(=O)CCCN(c1cc(Cl)ccc1Cl)S(C)(=O)=O. The summed E-state index contributed by atoms with van der Waals surface area (Å²) in [5, 5.41) is 3.47. The van der Waals surface area contributed by atoms with E-state index < -0.39 is 21.9 Å². The summed E-state index contributed by atoms with van der Waals surface area (Å²) in [6.07, 6.45) is 2.33. The Morgan fingerprint density at radius 1 is 1.05 bits per heavy atom. The molecule has 0 saturated heterocycles. The van der Waals surface area contributed by atoms with Crippen LogP contribution in [0, 0.1) is 5.82 Å². The summed E-state index contributed by atoms with van der Waals surface area (Å²) in [6, 6.07) is 9.47. The predicted molar refractivity (Wildman–Crippen MR) is 147 cm³/mol. The topological polar surface area (TPSA) is 86.8 Å². The normalized spacial score (nSPS) is 13.1. The van der Waals surface area contributed by atoms with Crippen molar-refractivity contribution < 1.29 is 22.4 Å². The van der Waals surface area contributed by atoms with E-state index in [1.165, 1.54) is 29.2 Å². The second-order valence-corrected chi connectivity index (χ2v) is 11.7. The first-order chi connectivity index (χ1) is 17.4. The molecule has 37 heavy (non-hydrogen) atoms. The van der Waals surface area contributed by atoms with Crippen LogP contribution >= 0.6 is 23.2 Å². The summed E-state index contributed by atoms with van der Waals surface area (Å²) in [5.41, 5.74) is 0.902. The summed E-state index contributed by atoms with van der Waals surface area (Å²) in [4.78, 5) is 27.9. The molecule has 0 heterocycles. The smallest absolute Gasteiger partial charge is 0.243 e. The number of nitrogens with one attached hydrogen (secondary N) is 1. The summed E-state index contributed by atoms with van der Waals surface area (Å²) in [5.74, 6) is -0.986. The molecule has 2 amide bonds. The first kappa shape index (κ1) is 30.9. The molecule has 0 saturated carbocycles. The minimum Gasteiger partial charge on any atom is -0.352 e. The molecule has 2 aromatic rings. The van der Waals surface area contributed by atoms with Crippen LogP contribution in [0.1, 0.15) is 52.0 Å². The fourth-order valence-electron chi connectivity index (χ4n) is 3.81. The van der Waals surface area contributed by atoms with Crippen LogP contribution in [-0.4, -0.2) is 50.0 Å². The molecule has 0 aromatic heterocycles. The van der Waals surface area contributed by atoms with Crippen molar-refractivity contribution in [3.63, 3.8) is 0 Å². The van der Waals surface area contributed by atoms with Crippen LogP contribution in [-0.2, 0) is 26.2 Å². The van der Waals surface area contributed by atoms with Gasteiger partial charge >= 0.3 is 0 Å². The molecule has 0 aliphatic rings. The van der Waals surface area contributed by atoms with Gasteiger partial charge in [-0.15, -0.1) is 0 Å². The third-order valence-corrected chi connectivity index (χ3v) is 7.72. The minimum atomic E-state index is -3.71. The molecule has 0 aliphatic carbocycles. The van der Waals surface area contributed by atoms with Gasteiger partial charge in [0.05, 0.1) is 17.0 Å². The van der Waals surface area contributed by atoms with Gasteiger partial charge in [0.2, 0.25) is 21.8 Å². The monoisotopic (exact) mass is 573 g/mol. The predicted octanol–water partition coefficient (Wildman–Crippen LogP) is 5.40. The Kier molecular flexibility index (Phi) is 11.7. The van der Waals surface area contributed by atoms with Gasteiger partial charge in [-0.1, -0.05) is 49.2 Å². The van der Waals surface area contributed by atoms with E-state index in [1.807, 2.05) is 20.8 Å². The number of hydrogen-bond acceptors (Lipinski definition) is 4. The van der Waals surface area contributed by atoms with E-state index in [0.717, 1.165) is 17.0 Å². The second kappa shape index (κ2) is 14.0. The number of hydrogen-bond donors (Lipinski definition) is 1. The molecular formula is C26H34Cl2FN3O4S. The van der Waals surface area contributed by atoms with Crippen LogP contribution in [0.2, 0.25) is 10.0 Å². The highest BCUT2D eigenvalue weighted by Gasteiger charge is 2.29. The number of benzene rings is 2. The van der Waals surface area contributed by atoms with E-state index in [2.05, 4.69) is 5.32 Å². The maximum Gasteiger partial charge on any atom is 0.243 e. The molecule has 11 heteroatoms. The third-order valence-electron chi connectivity index (χ3n) is 5.98. The fourth-order valence-corrected chi connectivity index (χ4v) is 5.21. The van der Waals surface area contributed by atoms with Crippen molar-refractivity contribution >= 4 is 50.7 Å². The Morgan fingerprint density at radius 2 is 1.70 bits per heavy atom. The quantitative estimate of drug-likeness (QED) is 0.347. The van der Waals surface area contributed by atoms with Gasteiger partial charge in [0.15, 0.2) is 0 Å². The molecule has 0 bridgehead atoms. The fraction of sp³-hybridized carbons (Fsp3) is 0.462. The Bertz CT molecular complexity index is 1180. The van der Waals surface area contributed by atoms with Gasteiger partial charge in [-0.05, 0) is 62.1 Å². The van der Waals surface area contributed by atoms with Crippen molar-refractivity contribution in [3.8, 4) is 0 Å². The lowest BCUT2D eigenvalue weighted by atomic mass is 10.1. The molecule has 0 aliphatic heterocycles. The Morgan fingerprint density at radius 3 is 2.27 bits per heavy atom. The number of nitrogens with zero attached hydrogens (tertiary/aromatic N) is 2. The average Bonchev–Trinajstić information content (AvgIpc) is 2.83. The standard InChI is InChI=1S/C26H34Cl2FN3O4S/c1-5-18(3)30-26(34)23(6-2)31(17-19-9-12-21(29)13-10-19)25(33)8-7-15-32(37(4,35)36)24-16-20(27)11-14-22(24)28/h9-14,16,18,23H,5-8,15,17H2,1-4H3,(H,30,34)/t18-,23+/m1/s1. The largest absolute Gasteiger partial charge is 0.352 e. The molecule has 2 atom stereocenters. The second-order valence-electron chi connectivity index (χ2n) is 8.92. The molecule has 204 valence electrons. The molecule has 2 aromatic carbocycles. The zero-order valence-corrected chi connectivity index (χ0v) is 23.8. The van der Waals surface area contributed by atoms with E-state index in [9.17, 15) is 22.4 Å². The highest BCUT2D eigenvalue weighted by Crippen LogP contribution is 2.31. The maximum atomic E-state index is 13.4. The summed E-state index contributed by atoms with van der Waals surface area (Å²) in [6.45, 7) is 5.76. The number of anilines is 1. The van der Waals surface area contributed by atoms with E-state index in [0.29, 0.717) is 17.0 Å². The van der Waals surface area contributed by atoms with Crippen LogP contribution in [0.25, 0.3) is 0 Å². The van der Waals surface area contributed by atoms with Crippen molar-refractivity contribution in [2.24, 2.45) is 0 Å². The van der Waals surface area contributed by atoms with Gasteiger partial charge in [-0.2, -0.15) is 0 Å². The number of carbonyl (C=O) groups is 2. The Balaban J connectivity index is 2.25. The van der Waals surface area contributed by atoms with Crippen LogP contribution in [0.15, 0.2) is 42.5 Å². The van der Waals surface area contributed by atoms with Gasteiger partial charge in [0.25, 0.3) is 0 Å². The van der Waals surface area contributed by atoms with Crippen LogP contribution < -0.4 is 9.62 Å². The third kappa shape index (κ3) is 9.16. The molecule has 1 N–H and O–H groups in total. The first-order valence-corrected chi connectivity index (χ1v) is 14.7. The molecule has 0 fully saturated rings. The first-order valence-electron chi connectivity index (χ1n) is 12.1. The molecule has 7 nitrogen and oxygen atoms in total. The minimum absolute atomic E-state index is 0.00905. The van der Waals surface area contributed by atoms with E-state index >= 15 is 0 Å². The molecule has 0 spiro atoms. The zero-order valence-electron chi connectivity index (χ0n) is 21.5. The number of sulfonamides is 1.